The number of anilines is 1. The molecule has 66 valence electrons. The van der Waals surface area contributed by atoms with Gasteiger partial charge in [0, 0.05) is 6.07 Å². The van der Waals surface area contributed by atoms with Crippen molar-refractivity contribution in [3.8, 4) is 5.82 Å². The van der Waals surface area contributed by atoms with Crippen molar-refractivity contribution in [3.63, 3.8) is 0 Å². The van der Waals surface area contributed by atoms with Gasteiger partial charge in [-0.15, -0.1) is 0 Å². The first-order chi connectivity index (χ1) is 6.25. The van der Waals surface area contributed by atoms with Crippen molar-refractivity contribution in [2.45, 2.75) is 0 Å². The third-order valence-corrected chi connectivity index (χ3v) is 1.76. The molecule has 13 heavy (non-hydrogen) atoms. The molecule has 7 heteroatoms. The summed E-state index contributed by atoms with van der Waals surface area (Å²) in [5.41, 5.74) is 5.45. The van der Waals surface area contributed by atoms with Crippen LogP contribution in [-0.2, 0) is 0 Å². The first-order valence-corrected chi connectivity index (χ1v) is 4.20. The van der Waals surface area contributed by atoms with Gasteiger partial charge in [0.2, 0.25) is 5.95 Å². The Bertz CT molecular complexity index is 391. The Kier molecular flexibility index (Phi) is 1.93. The maximum absolute atomic E-state index is 5.45. The molecule has 0 unspecified atom stereocenters. The highest BCUT2D eigenvalue weighted by Crippen LogP contribution is 2.11. The molecule has 0 saturated heterocycles. The van der Waals surface area contributed by atoms with Crippen LogP contribution in [0.2, 0.25) is 0 Å². The lowest BCUT2D eigenvalue weighted by molar-refractivity contribution is 0.838. The second-order valence-electron chi connectivity index (χ2n) is 2.25. The van der Waals surface area contributed by atoms with Gasteiger partial charge in [0.15, 0.2) is 5.82 Å². The summed E-state index contributed by atoms with van der Waals surface area (Å²) in [7, 11) is 0. The van der Waals surface area contributed by atoms with Crippen LogP contribution in [0.4, 0.5) is 5.95 Å². The van der Waals surface area contributed by atoms with Gasteiger partial charge in [-0.05, 0) is 15.9 Å². The Morgan fingerprint density at radius 1 is 1.38 bits per heavy atom. The van der Waals surface area contributed by atoms with Crippen molar-refractivity contribution in [1.29, 1.82) is 0 Å². The summed E-state index contributed by atoms with van der Waals surface area (Å²) in [6.07, 6.45) is 2.96. The molecule has 0 atom stereocenters. The molecular weight excluding hydrogens is 236 g/mol. The van der Waals surface area contributed by atoms with Gasteiger partial charge in [-0.2, -0.15) is 10.1 Å². The molecule has 2 aromatic rings. The SMILES string of the molecule is Nc1nc(Br)cc(-n2cncn2)n1. The molecule has 2 N–H and O–H groups in total. The molecule has 2 heterocycles. The van der Waals surface area contributed by atoms with Crippen LogP contribution in [0, 0.1) is 0 Å². The van der Waals surface area contributed by atoms with Gasteiger partial charge in [0.25, 0.3) is 0 Å². The summed E-state index contributed by atoms with van der Waals surface area (Å²) in [6, 6.07) is 1.70. The van der Waals surface area contributed by atoms with Gasteiger partial charge in [-0.25, -0.2) is 14.6 Å². The zero-order valence-electron chi connectivity index (χ0n) is 6.42. The summed E-state index contributed by atoms with van der Waals surface area (Å²) in [6.45, 7) is 0. The lowest BCUT2D eigenvalue weighted by Gasteiger charge is -2.00. The number of halogens is 1. The van der Waals surface area contributed by atoms with E-state index in [9.17, 15) is 0 Å². The molecule has 0 aromatic carbocycles. The Hall–Kier alpha value is -1.50. The van der Waals surface area contributed by atoms with Crippen molar-refractivity contribution < 1.29 is 0 Å². The van der Waals surface area contributed by atoms with Crippen molar-refractivity contribution in [3.05, 3.63) is 23.3 Å². The van der Waals surface area contributed by atoms with Crippen LogP contribution in [0.15, 0.2) is 23.3 Å². The van der Waals surface area contributed by atoms with Gasteiger partial charge >= 0.3 is 0 Å². The minimum absolute atomic E-state index is 0.194. The average Bonchev–Trinajstić information content (AvgIpc) is 2.53. The maximum atomic E-state index is 5.45. The van der Waals surface area contributed by atoms with E-state index in [1.54, 1.807) is 6.07 Å². The van der Waals surface area contributed by atoms with Crippen molar-refractivity contribution in [1.82, 2.24) is 24.7 Å². The summed E-state index contributed by atoms with van der Waals surface area (Å²) in [4.78, 5) is 11.6. The second kappa shape index (κ2) is 3.09. The Labute approximate surface area is 82.0 Å². The lowest BCUT2D eigenvalue weighted by Crippen LogP contribution is -2.03. The maximum Gasteiger partial charge on any atom is 0.223 e. The minimum Gasteiger partial charge on any atom is -0.368 e. The molecule has 6 nitrogen and oxygen atoms in total. The van der Waals surface area contributed by atoms with E-state index in [1.807, 2.05) is 0 Å². The van der Waals surface area contributed by atoms with Gasteiger partial charge in [0.1, 0.15) is 17.3 Å². The van der Waals surface area contributed by atoms with Crippen LogP contribution < -0.4 is 5.73 Å². The van der Waals surface area contributed by atoms with Crippen molar-refractivity contribution in [2.75, 3.05) is 5.73 Å². The molecule has 0 aliphatic carbocycles. The van der Waals surface area contributed by atoms with Crippen molar-refractivity contribution >= 4 is 21.9 Å². The minimum atomic E-state index is 0.194. The molecule has 0 radical (unpaired) electrons. The lowest BCUT2D eigenvalue weighted by atomic mass is 10.6. The van der Waals surface area contributed by atoms with Crippen LogP contribution >= 0.6 is 15.9 Å². The Balaban J connectivity index is 2.53. The quantitative estimate of drug-likeness (QED) is 0.730. The highest BCUT2D eigenvalue weighted by Gasteiger charge is 2.02. The fourth-order valence-corrected chi connectivity index (χ4v) is 1.25. The summed E-state index contributed by atoms with van der Waals surface area (Å²) in [5, 5.41) is 3.91. The zero-order valence-corrected chi connectivity index (χ0v) is 8.01. The Morgan fingerprint density at radius 3 is 2.85 bits per heavy atom. The molecule has 0 amide bonds. The predicted molar refractivity (Wildman–Crippen MR) is 49.1 cm³/mol. The van der Waals surface area contributed by atoms with E-state index >= 15 is 0 Å². The average molecular weight is 241 g/mol. The molecule has 0 saturated carbocycles. The molecule has 0 bridgehead atoms. The van der Waals surface area contributed by atoms with E-state index in [-0.39, 0.29) is 5.95 Å². The highest BCUT2D eigenvalue weighted by atomic mass is 79.9. The highest BCUT2D eigenvalue weighted by molar-refractivity contribution is 9.10. The number of nitrogen functional groups attached to an aromatic ring is 1. The summed E-state index contributed by atoms with van der Waals surface area (Å²) in [5.74, 6) is 0.775. The number of hydrogen-bond donors (Lipinski definition) is 1. The molecule has 0 aliphatic heterocycles. The van der Waals surface area contributed by atoms with E-state index < -0.39 is 0 Å². The van der Waals surface area contributed by atoms with E-state index in [1.165, 1.54) is 17.3 Å². The first-order valence-electron chi connectivity index (χ1n) is 3.41. The number of nitrogens with two attached hydrogens (primary N) is 1. The summed E-state index contributed by atoms with van der Waals surface area (Å²) >= 11 is 3.21. The molecule has 0 fully saturated rings. The van der Waals surface area contributed by atoms with Gasteiger partial charge in [-0.3, -0.25) is 0 Å². The van der Waals surface area contributed by atoms with E-state index in [2.05, 4.69) is 36.0 Å². The second-order valence-corrected chi connectivity index (χ2v) is 3.06. The third-order valence-electron chi connectivity index (χ3n) is 1.35. The molecule has 0 aliphatic rings. The van der Waals surface area contributed by atoms with Crippen LogP contribution in [0.3, 0.4) is 0 Å². The fraction of sp³-hybridized carbons (Fsp3) is 0. The monoisotopic (exact) mass is 240 g/mol. The number of aromatic nitrogens is 5. The molecule has 2 rings (SSSR count). The van der Waals surface area contributed by atoms with Crippen LogP contribution in [-0.4, -0.2) is 24.7 Å². The first kappa shape index (κ1) is 8.11. The standard InChI is InChI=1S/C6H5BrN6/c7-4-1-5(12-6(8)11-4)13-3-9-2-10-13/h1-3H,(H2,8,11,12). The van der Waals surface area contributed by atoms with Gasteiger partial charge in [0.05, 0.1) is 0 Å². The molecule has 0 spiro atoms. The van der Waals surface area contributed by atoms with Crippen LogP contribution in [0.25, 0.3) is 5.82 Å². The predicted octanol–water partition coefficient (Wildman–Crippen LogP) is 0.402. The van der Waals surface area contributed by atoms with Crippen LogP contribution in [0.1, 0.15) is 0 Å². The zero-order chi connectivity index (χ0) is 9.26. The number of rotatable bonds is 1. The number of hydrogen-bond acceptors (Lipinski definition) is 5. The topological polar surface area (TPSA) is 82.5 Å². The summed E-state index contributed by atoms with van der Waals surface area (Å²) < 4.78 is 2.12. The normalized spacial score (nSPS) is 10.2. The van der Waals surface area contributed by atoms with Gasteiger partial charge in [-0.1, -0.05) is 0 Å². The van der Waals surface area contributed by atoms with E-state index in [4.69, 9.17) is 5.73 Å². The van der Waals surface area contributed by atoms with Crippen LogP contribution in [0.5, 0.6) is 0 Å². The largest absolute Gasteiger partial charge is 0.368 e. The van der Waals surface area contributed by atoms with E-state index in [0.717, 1.165) is 0 Å². The van der Waals surface area contributed by atoms with Gasteiger partial charge < -0.3 is 5.73 Å². The fourth-order valence-electron chi connectivity index (χ4n) is 0.867. The van der Waals surface area contributed by atoms with E-state index in [0.29, 0.717) is 10.4 Å². The molecular formula is C6H5BrN6. The third kappa shape index (κ3) is 1.64. The van der Waals surface area contributed by atoms with Crippen molar-refractivity contribution in [2.24, 2.45) is 0 Å². The number of nitrogens with zero attached hydrogens (tertiary/aromatic N) is 5. The molecule has 2 aromatic heterocycles. The smallest absolute Gasteiger partial charge is 0.223 e. The Morgan fingerprint density at radius 2 is 2.23 bits per heavy atom.